The Morgan fingerprint density at radius 2 is 2.32 bits per heavy atom. The lowest BCUT2D eigenvalue weighted by Gasteiger charge is -2.30. The number of hydrogen-bond donors (Lipinski definition) is 0. The van der Waals surface area contributed by atoms with Crippen molar-refractivity contribution in [3.63, 3.8) is 0 Å². The molecule has 1 aromatic rings. The van der Waals surface area contributed by atoms with Crippen LogP contribution in [0.1, 0.15) is 49.4 Å². The van der Waals surface area contributed by atoms with Gasteiger partial charge in [0.15, 0.2) is 0 Å². The molecule has 0 bridgehead atoms. The molecule has 1 amide bonds. The van der Waals surface area contributed by atoms with Crippen molar-refractivity contribution in [2.45, 2.75) is 50.4 Å². The van der Waals surface area contributed by atoms with Gasteiger partial charge in [0.1, 0.15) is 0 Å². The van der Waals surface area contributed by atoms with Crippen LogP contribution in [0.3, 0.4) is 0 Å². The van der Waals surface area contributed by atoms with Crippen molar-refractivity contribution in [1.29, 1.82) is 0 Å². The maximum Gasteiger partial charge on any atom is 0.255 e. The standard InChI is InChI=1S/C14H20ClN3O/c1-11(15)9-13-5-3-2-4-8-18(13)14(19)12-6-7-16-17-10-12/h6-7,10-11,13H,2-5,8-9H2,1H3. The summed E-state index contributed by atoms with van der Waals surface area (Å²) in [5, 5.41) is 7.60. The molecule has 2 unspecified atom stereocenters. The first-order valence-corrected chi connectivity index (χ1v) is 7.34. The molecule has 19 heavy (non-hydrogen) atoms. The molecule has 104 valence electrons. The van der Waals surface area contributed by atoms with E-state index in [4.69, 9.17) is 11.6 Å². The van der Waals surface area contributed by atoms with E-state index >= 15 is 0 Å². The second-order valence-corrected chi connectivity index (χ2v) is 5.89. The summed E-state index contributed by atoms with van der Waals surface area (Å²) in [6.07, 6.45) is 8.42. The Balaban J connectivity index is 2.15. The summed E-state index contributed by atoms with van der Waals surface area (Å²) in [5.41, 5.74) is 0.615. The lowest BCUT2D eigenvalue weighted by molar-refractivity contribution is 0.0673. The topological polar surface area (TPSA) is 46.1 Å². The molecular weight excluding hydrogens is 262 g/mol. The minimum atomic E-state index is 0.0547. The summed E-state index contributed by atoms with van der Waals surface area (Å²) in [5.74, 6) is 0.0547. The SMILES string of the molecule is CC(Cl)CC1CCCCCN1C(=O)c1ccnnc1. The Morgan fingerprint density at radius 3 is 3.00 bits per heavy atom. The third-order valence-corrected chi connectivity index (χ3v) is 3.74. The summed E-state index contributed by atoms with van der Waals surface area (Å²) < 4.78 is 0. The molecule has 2 heterocycles. The lowest BCUT2D eigenvalue weighted by Crippen LogP contribution is -2.41. The number of alkyl halides is 1. The first-order chi connectivity index (χ1) is 9.18. The lowest BCUT2D eigenvalue weighted by atomic mass is 10.0. The van der Waals surface area contributed by atoms with Crippen LogP contribution in [-0.4, -0.2) is 39.0 Å². The van der Waals surface area contributed by atoms with Crippen molar-refractivity contribution < 1.29 is 4.79 Å². The molecule has 0 spiro atoms. The van der Waals surface area contributed by atoms with E-state index in [9.17, 15) is 4.79 Å². The molecule has 0 radical (unpaired) electrons. The highest BCUT2D eigenvalue weighted by Gasteiger charge is 2.27. The molecule has 1 saturated heterocycles. The fraction of sp³-hybridized carbons (Fsp3) is 0.643. The molecule has 0 N–H and O–H groups in total. The number of halogens is 1. The van der Waals surface area contributed by atoms with Gasteiger partial charge in [-0.25, -0.2) is 0 Å². The fourth-order valence-corrected chi connectivity index (χ4v) is 2.85. The van der Waals surface area contributed by atoms with Crippen LogP contribution in [0, 0.1) is 0 Å². The van der Waals surface area contributed by atoms with Gasteiger partial charge in [0, 0.05) is 18.0 Å². The normalized spacial score (nSPS) is 21.8. The zero-order chi connectivity index (χ0) is 13.7. The Hall–Kier alpha value is -1.16. The Labute approximate surface area is 119 Å². The van der Waals surface area contributed by atoms with Crippen molar-refractivity contribution in [2.75, 3.05) is 6.54 Å². The van der Waals surface area contributed by atoms with Crippen molar-refractivity contribution in [2.24, 2.45) is 0 Å². The molecule has 4 nitrogen and oxygen atoms in total. The average Bonchev–Trinajstić information content (AvgIpc) is 2.64. The fourth-order valence-electron chi connectivity index (χ4n) is 2.65. The van der Waals surface area contributed by atoms with Crippen molar-refractivity contribution in [1.82, 2.24) is 15.1 Å². The van der Waals surface area contributed by atoms with Crippen LogP contribution in [0.5, 0.6) is 0 Å². The van der Waals surface area contributed by atoms with Gasteiger partial charge >= 0.3 is 0 Å². The number of likely N-dealkylation sites (tertiary alicyclic amines) is 1. The van der Waals surface area contributed by atoms with E-state index in [0.717, 1.165) is 25.8 Å². The third kappa shape index (κ3) is 3.90. The molecule has 2 atom stereocenters. The number of aromatic nitrogens is 2. The largest absolute Gasteiger partial charge is 0.336 e. The first-order valence-electron chi connectivity index (χ1n) is 6.90. The minimum absolute atomic E-state index is 0.0547. The van der Waals surface area contributed by atoms with Crippen LogP contribution in [0.2, 0.25) is 0 Å². The number of amides is 1. The predicted octanol–water partition coefficient (Wildman–Crippen LogP) is 2.88. The van der Waals surface area contributed by atoms with E-state index in [-0.39, 0.29) is 17.3 Å². The Bertz CT molecular complexity index is 410. The van der Waals surface area contributed by atoms with E-state index < -0.39 is 0 Å². The molecule has 1 aliphatic rings. The van der Waals surface area contributed by atoms with Crippen molar-refractivity contribution in [3.8, 4) is 0 Å². The van der Waals surface area contributed by atoms with Gasteiger partial charge in [-0.1, -0.05) is 12.8 Å². The maximum absolute atomic E-state index is 12.6. The first kappa shape index (κ1) is 14.3. The molecule has 1 aliphatic heterocycles. The van der Waals surface area contributed by atoms with Crippen LogP contribution in [0.25, 0.3) is 0 Å². The quantitative estimate of drug-likeness (QED) is 0.801. The van der Waals surface area contributed by atoms with Crippen LogP contribution in [0.4, 0.5) is 0 Å². The van der Waals surface area contributed by atoms with Crippen molar-refractivity contribution >= 4 is 17.5 Å². The van der Waals surface area contributed by atoms with E-state index in [1.54, 1.807) is 12.3 Å². The minimum Gasteiger partial charge on any atom is -0.336 e. The van der Waals surface area contributed by atoms with E-state index in [0.29, 0.717) is 5.56 Å². The number of carbonyl (C=O) groups is 1. The summed E-state index contributed by atoms with van der Waals surface area (Å²) in [6.45, 7) is 2.80. The Morgan fingerprint density at radius 1 is 1.47 bits per heavy atom. The molecule has 1 fully saturated rings. The van der Waals surface area contributed by atoms with Crippen LogP contribution >= 0.6 is 11.6 Å². The maximum atomic E-state index is 12.6. The van der Waals surface area contributed by atoms with Gasteiger partial charge in [-0.15, -0.1) is 11.6 Å². The number of nitrogens with zero attached hydrogens (tertiary/aromatic N) is 3. The number of rotatable bonds is 3. The number of hydrogen-bond acceptors (Lipinski definition) is 3. The van der Waals surface area contributed by atoms with Gasteiger partial charge in [0.25, 0.3) is 5.91 Å². The third-order valence-electron chi connectivity index (χ3n) is 3.57. The summed E-state index contributed by atoms with van der Waals surface area (Å²) in [6, 6.07) is 1.97. The van der Waals surface area contributed by atoms with Crippen molar-refractivity contribution in [3.05, 3.63) is 24.0 Å². The molecular formula is C14H20ClN3O. The summed E-state index contributed by atoms with van der Waals surface area (Å²) in [4.78, 5) is 14.5. The van der Waals surface area contributed by atoms with E-state index in [1.807, 2.05) is 11.8 Å². The van der Waals surface area contributed by atoms with Gasteiger partial charge < -0.3 is 4.90 Å². The highest BCUT2D eigenvalue weighted by Crippen LogP contribution is 2.23. The highest BCUT2D eigenvalue weighted by atomic mass is 35.5. The summed E-state index contributed by atoms with van der Waals surface area (Å²) >= 11 is 6.12. The average molecular weight is 282 g/mol. The monoisotopic (exact) mass is 281 g/mol. The second kappa shape index (κ2) is 6.85. The zero-order valence-corrected chi connectivity index (χ0v) is 12.0. The molecule has 2 rings (SSSR count). The Kier molecular flexibility index (Phi) is 5.14. The van der Waals surface area contributed by atoms with Gasteiger partial charge in [-0.2, -0.15) is 10.2 Å². The molecule has 0 aromatic carbocycles. The molecule has 5 heteroatoms. The molecule has 1 aromatic heterocycles. The van der Waals surface area contributed by atoms with Crippen LogP contribution in [0.15, 0.2) is 18.5 Å². The predicted molar refractivity (Wildman–Crippen MR) is 75.3 cm³/mol. The van der Waals surface area contributed by atoms with Gasteiger partial charge in [-0.3, -0.25) is 4.79 Å². The highest BCUT2D eigenvalue weighted by molar-refractivity contribution is 6.20. The van der Waals surface area contributed by atoms with Gasteiger partial charge in [0.2, 0.25) is 0 Å². The van der Waals surface area contributed by atoms with E-state index in [2.05, 4.69) is 10.2 Å². The summed E-state index contributed by atoms with van der Waals surface area (Å²) in [7, 11) is 0. The smallest absolute Gasteiger partial charge is 0.255 e. The van der Waals surface area contributed by atoms with Gasteiger partial charge in [0.05, 0.1) is 18.0 Å². The second-order valence-electron chi connectivity index (χ2n) is 5.15. The number of carbonyl (C=O) groups excluding carboxylic acids is 1. The molecule has 0 aliphatic carbocycles. The van der Waals surface area contributed by atoms with E-state index in [1.165, 1.54) is 19.0 Å². The zero-order valence-electron chi connectivity index (χ0n) is 11.3. The molecule has 0 saturated carbocycles. The van der Waals surface area contributed by atoms with Gasteiger partial charge in [-0.05, 0) is 32.3 Å². The van der Waals surface area contributed by atoms with Crippen LogP contribution < -0.4 is 0 Å². The van der Waals surface area contributed by atoms with Crippen LogP contribution in [-0.2, 0) is 0 Å².